The molecule has 0 bridgehead atoms. The van der Waals surface area contributed by atoms with Gasteiger partial charge in [0, 0.05) is 32.2 Å². The highest BCUT2D eigenvalue weighted by Gasteiger charge is 2.27. The normalized spacial score (nSPS) is 15.2. The fraction of sp³-hybridized carbons (Fsp3) is 0.800. The first kappa shape index (κ1) is 15.8. The Balaban J connectivity index is 1.82. The van der Waals surface area contributed by atoms with Crippen LogP contribution in [0.4, 0.5) is 0 Å². The molecule has 0 unspecified atom stereocenters. The lowest BCUT2D eigenvalue weighted by Crippen LogP contribution is -2.33. The summed E-state index contributed by atoms with van der Waals surface area (Å²) in [5, 5.41) is 8.91. The Bertz CT molecular complexity index is 426. The van der Waals surface area contributed by atoms with Crippen LogP contribution in [0.1, 0.15) is 45.0 Å². The number of nitrogens with one attached hydrogen (secondary N) is 1. The molecule has 0 atom stereocenters. The molecule has 4 nitrogen and oxygen atoms in total. The minimum atomic E-state index is 0.807. The Morgan fingerprint density at radius 2 is 2.10 bits per heavy atom. The number of halogens is 1. The molecule has 0 aromatic carbocycles. The molecule has 1 aliphatic carbocycles. The van der Waals surface area contributed by atoms with Crippen LogP contribution in [0.25, 0.3) is 0 Å². The third-order valence-electron chi connectivity index (χ3n) is 4.03. The van der Waals surface area contributed by atoms with Crippen molar-refractivity contribution in [3.63, 3.8) is 0 Å². The zero-order chi connectivity index (χ0) is 14.5. The zero-order valence-electron chi connectivity index (χ0n) is 13.0. The summed E-state index contributed by atoms with van der Waals surface area (Å²) in [4.78, 5) is 2.56. The van der Waals surface area contributed by atoms with Crippen molar-refractivity contribution in [2.45, 2.75) is 59.2 Å². The molecule has 0 radical (unpaired) electrons. The van der Waals surface area contributed by atoms with E-state index in [1.54, 1.807) is 0 Å². The Morgan fingerprint density at radius 3 is 2.65 bits per heavy atom. The minimum absolute atomic E-state index is 0.807. The lowest BCUT2D eigenvalue weighted by molar-refractivity contribution is 0.276. The maximum atomic E-state index is 6.40. The summed E-state index contributed by atoms with van der Waals surface area (Å²) in [7, 11) is 0. The number of nitrogens with zero attached hydrogens (tertiary/aromatic N) is 3. The second-order valence-corrected chi connectivity index (χ2v) is 5.79. The Hall–Kier alpha value is -0.580. The van der Waals surface area contributed by atoms with Crippen molar-refractivity contribution in [3.05, 3.63) is 16.4 Å². The summed E-state index contributed by atoms with van der Waals surface area (Å²) in [5.74, 6) is 0. The summed E-state index contributed by atoms with van der Waals surface area (Å²) in [6, 6.07) is 0.846. The summed E-state index contributed by atoms with van der Waals surface area (Å²) in [6.45, 7) is 11.4. The lowest BCUT2D eigenvalue weighted by Gasteiger charge is -2.19. The average Bonchev–Trinajstić information content (AvgIpc) is 3.25. The number of hydrogen-bond donors (Lipinski definition) is 1. The maximum Gasteiger partial charge on any atom is 0.0863 e. The topological polar surface area (TPSA) is 33.1 Å². The van der Waals surface area contributed by atoms with Gasteiger partial charge in [0.05, 0.1) is 16.4 Å². The summed E-state index contributed by atoms with van der Waals surface area (Å²) in [5.41, 5.74) is 2.14. The van der Waals surface area contributed by atoms with E-state index in [4.69, 9.17) is 11.6 Å². The van der Waals surface area contributed by atoms with Crippen molar-refractivity contribution >= 4 is 11.6 Å². The molecule has 1 saturated carbocycles. The quantitative estimate of drug-likeness (QED) is 0.712. The predicted octanol–water partition coefficient (Wildman–Crippen LogP) is 2.69. The fourth-order valence-electron chi connectivity index (χ4n) is 2.65. The van der Waals surface area contributed by atoms with Crippen LogP contribution in [0.5, 0.6) is 0 Å². The molecular weight excluding hydrogens is 272 g/mol. The van der Waals surface area contributed by atoms with Crippen LogP contribution >= 0.6 is 11.6 Å². The largest absolute Gasteiger partial charge is 0.310 e. The van der Waals surface area contributed by atoms with E-state index in [-0.39, 0.29) is 0 Å². The van der Waals surface area contributed by atoms with Gasteiger partial charge in [0.15, 0.2) is 0 Å². The highest BCUT2D eigenvalue weighted by molar-refractivity contribution is 6.31. The van der Waals surface area contributed by atoms with E-state index in [9.17, 15) is 0 Å². The smallest absolute Gasteiger partial charge is 0.0863 e. The van der Waals surface area contributed by atoms with Gasteiger partial charge in [-0.25, -0.2) is 0 Å². The van der Waals surface area contributed by atoms with Gasteiger partial charge < -0.3 is 5.32 Å². The summed E-state index contributed by atoms with van der Waals surface area (Å²) in [6.07, 6.45) is 3.65. The first-order valence-corrected chi connectivity index (χ1v) is 8.27. The number of rotatable bonds is 9. The molecule has 0 spiro atoms. The first-order valence-electron chi connectivity index (χ1n) is 7.90. The van der Waals surface area contributed by atoms with Crippen molar-refractivity contribution < 1.29 is 0 Å². The zero-order valence-corrected chi connectivity index (χ0v) is 13.7. The predicted molar refractivity (Wildman–Crippen MR) is 84.3 cm³/mol. The number of aromatic nitrogens is 2. The van der Waals surface area contributed by atoms with Crippen LogP contribution < -0.4 is 5.32 Å². The van der Waals surface area contributed by atoms with E-state index in [2.05, 4.69) is 36.1 Å². The van der Waals surface area contributed by atoms with Gasteiger partial charge in [-0.15, -0.1) is 0 Å². The molecule has 20 heavy (non-hydrogen) atoms. The van der Waals surface area contributed by atoms with Gasteiger partial charge in [0.1, 0.15) is 0 Å². The maximum absolute atomic E-state index is 6.40. The van der Waals surface area contributed by atoms with Gasteiger partial charge in [0.25, 0.3) is 0 Å². The van der Waals surface area contributed by atoms with Gasteiger partial charge in [0.2, 0.25) is 0 Å². The van der Waals surface area contributed by atoms with Gasteiger partial charge in [-0.1, -0.05) is 25.4 Å². The second kappa shape index (κ2) is 7.43. The van der Waals surface area contributed by atoms with E-state index in [1.165, 1.54) is 12.8 Å². The molecule has 1 aliphatic rings. The molecule has 1 heterocycles. The first-order chi connectivity index (χ1) is 9.71. The number of hydrogen-bond acceptors (Lipinski definition) is 3. The summed E-state index contributed by atoms with van der Waals surface area (Å²) < 4.78 is 2.02. The second-order valence-electron chi connectivity index (χ2n) is 5.41. The number of likely N-dealkylation sites (N-methyl/N-ethyl adjacent to an activating group) is 1. The van der Waals surface area contributed by atoms with Gasteiger partial charge in [-0.3, -0.25) is 9.58 Å². The molecule has 1 aromatic heterocycles. The lowest BCUT2D eigenvalue weighted by atomic mass is 10.3. The standard InChI is InChI=1S/C15H27ClN4/c1-4-13-15(16)14(20(6-3)18-13)11-17-9-10-19(5-2)12-7-8-12/h12,17H,4-11H2,1-3H3. The SMILES string of the molecule is CCc1nn(CC)c(CNCCN(CC)C2CC2)c1Cl. The molecule has 5 heteroatoms. The Kier molecular flexibility index (Phi) is 5.87. The van der Waals surface area contributed by atoms with E-state index >= 15 is 0 Å². The van der Waals surface area contributed by atoms with Crippen LogP contribution in [0.2, 0.25) is 5.02 Å². The van der Waals surface area contributed by atoms with E-state index in [1.807, 2.05) is 4.68 Å². The molecule has 0 aliphatic heterocycles. The van der Waals surface area contributed by atoms with Crippen LogP contribution in [-0.2, 0) is 19.5 Å². The van der Waals surface area contributed by atoms with Crippen LogP contribution in [0.3, 0.4) is 0 Å². The molecule has 2 rings (SSSR count). The summed E-state index contributed by atoms with van der Waals surface area (Å²) >= 11 is 6.40. The average molecular weight is 299 g/mol. The minimum Gasteiger partial charge on any atom is -0.310 e. The van der Waals surface area contributed by atoms with Gasteiger partial charge in [-0.2, -0.15) is 5.10 Å². The van der Waals surface area contributed by atoms with Crippen molar-refractivity contribution in [1.82, 2.24) is 20.0 Å². The third-order valence-corrected chi connectivity index (χ3v) is 4.47. The molecule has 0 saturated heterocycles. The van der Waals surface area contributed by atoms with Crippen molar-refractivity contribution in [2.24, 2.45) is 0 Å². The van der Waals surface area contributed by atoms with Crippen molar-refractivity contribution in [3.8, 4) is 0 Å². The molecule has 1 N–H and O–H groups in total. The van der Waals surface area contributed by atoms with Crippen LogP contribution in [-0.4, -0.2) is 40.4 Å². The van der Waals surface area contributed by atoms with Gasteiger partial charge >= 0.3 is 0 Å². The van der Waals surface area contributed by atoms with E-state index < -0.39 is 0 Å². The molecular formula is C15H27ClN4. The monoisotopic (exact) mass is 298 g/mol. The Morgan fingerprint density at radius 1 is 1.35 bits per heavy atom. The van der Waals surface area contributed by atoms with E-state index in [0.717, 1.165) is 61.6 Å². The number of aryl methyl sites for hydroxylation is 2. The highest BCUT2D eigenvalue weighted by atomic mass is 35.5. The van der Waals surface area contributed by atoms with Crippen LogP contribution in [0, 0.1) is 0 Å². The fourth-order valence-corrected chi connectivity index (χ4v) is 2.99. The van der Waals surface area contributed by atoms with Crippen LogP contribution in [0.15, 0.2) is 0 Å². The van der Waals surface area contributed by atoms with Gasteiger partial charge in [-0.05, 0) is 32.7 Å². The third kappa shape index (κ3) is 3.74. The molecule has 114 valence electrons. The van der Waals surface area contributed by atoms with Crippen molar-refractivity contribution in [2.75, 3.05) is 19.6 Å². The van der Waals surface area contributed by atoms with E-state index in [0.29, 0.717) is 0 Å². The Labute approximate surface area is 127 Å². The van der Waals surface area contributed by atoms with Crippen molar-refractivity contribution in [1.29, 1.82) is 0 Å². The molecule has 1 aromatic rings. The molecule has 1 fully saturated rings. The highest BCUT2D eigenvalue weighted by Crippen LogP contribution is 2.26. The molecule has 0 amide bonds.